The second-order valence-electron chi connectivity index (χ2n) is 3.50. The summed E-state index contributed by atoms with van der Waals surface area (Å²) < 4.78 is 44.5. The van der Waals surface area contributed by atoms with Crippen molar-refractivity contribution < 1.29 is 27.4 Å². The normalized spacial score (nSPS) is 11.1. The molecule has 1 aromatic carbocycles. The van der Waals surface area contributed by atoms with E-state index >= 15 is 0 Å². The van der Waals surface area contributed by atoms with Crippen LogP contribution < -0.4 is 4.74 Å². The summed E-state index contributed by atoms with van der Waals surface area (Å²) >= 11 is 0. The van der Waals surface area contributed by atoms with E-state index in [2.05, 4.69) is 4.74 Å². The second kappa shape index (κ2) is 6.28. The largest absolute Gasteiger partial charge is 0.573 e. The van der Waals surface area contributed by atoms with Gasteiger partial charge >= 0.3 is 12.3 Å². The Morgan fingerprint density at radius 3 is 2.67 bits per heavy atom. The number of ether oxygens (including phenoxy) is 2. The van der Waals surface area contributed by atoms with E-state index in [1.54, 1.807) is 13.0 Å². The number of esters is 1. The lowest BCUT2D eigenvalue weighted by atomic mass is 10.1. The molecule has 0 radical (unpaired) electrons. The molecule has 0 bridgehead atoms. The molecular weight excluding hydrogens is 249 g/mol. The van der Waals surface area contributed by atoms with Gasteiger partial charge in [0, 0.05) is 6.42 Å². The predicted octanol–water partition coefficient (Wildman–Crippen LogP) is 3.08. The third kappa shape index (κ3) is 5.56. The topological polar surface area (TPSA) is 35.5 Å². The SMILES string of the molecule is CCOC(=O)CCc1cccc(OC(F)(F)F)c1. The van der Waals surface area contributed by atoms with Crippen molar-refractivity contribution in [2.24, 2.45) is 0 Å². The van der Waals surface area contributed by atoms with E-state index in [1.807, 2.05) is 0 Å². The number of hydrogen-bond acceptors (Lipinski definition) is 3. The van der Waals surface area contributed by atoms with E-state index in [9.17, 15) is 18.0 Å². The van der Waals surface area contributed by atoms with E-state index in [4.69, 9.17) is 4.74 Å². The molecule has 0 unspecified atom stereocenters. The fourth-order valence-electron chi connectivity index (χ4n) is 1.38. The van der Waals surface area contributed by atoms with Gasteiger partial charge in [0.25, 0.3) is 0 Å². The summed E-state index contributed by atoms with van der Waals surface area (Å²) in [5.41, 5.74) is 0.588. The van der Waals surface area contributed by atoms with E-state index in [0.29, 0.717) is 12.0 Å². The van der Waals surface area contributed by atoms with Crippen LogP contribution in [0.5, 0.6) is 5.75 Å². The van der Waals surface area contributed by atoms with Crippen LogP contribution in [0.15, 0.2) is 24.3 Å². The second-order valence-corrected chi connectivity index (χ2v) is 3.50. The lowest BCUT2D eigenvalue weighted by molar-refractivity contribution is -0.274. The average molecular weight is 262 g/mol. The molecule has 18 heavy (non-hydrogen) atoms. The first-order valence-corrected chi connectivity index (χ1v) is 5.41. The first-order valence-electron chi connectivity index (χ1n) is 5.41. The van der Waals surface area contributed by atoms with Crippen molar-refractivity contribution in [2.75, 3.05) is 6.61 Å². The van der Waals surface area contributed by atoms with Gasteiger partial charge in [-0.1, -0.05) is 12.1 Å². The number of alkyl halides is 3. The fourth-order valence-corrected chi connectivity index (χ4v) is 1.38. The monoisotopic (exact) mass is 262 g/mol. The molecule has 1 rings (SSSR count). The van der Waals surface area contributed by atoms with Crippen LogP contribution >= 0.6 is 0 Å². The highest BCUT2D eigenvalue weighted by Gasteiger charge is 2.31. The minimum absolute atomic E-state index is 0.128. The number of aryl methyl sites for hydroxylation is 1. The van der Waals surface area contributed by atoms with E-state index in [-0.39, 0.29) is 24.7 Å². The molecule has 0 aliphatic heterocycles. The van der Waals surface area contributed by atoms with Crippen LogP contribution in [0.1, 0.15) is 18.9 Å². The molecule has 0 saturated carbocycles. The molecule has 6 heteroatoms. The lowest BCUT2D eigenvalue weighted by Gasteiger charge is -2.09. The summed E-state index contributed by atoms with van der Waals surface area (Å²) in [6.07, 6.45) is -4.27. The number of carbonyl (C=O) groups excluding carboxylic acids is 1. The minimum Gasteiger partial charge on any atom is -0.466 e. The molecular formula is C12H13F3O3. The summed E-state index contributed by atoms with van der Waals surface area (Å²) in [5.74, 6) is -0.663. The average Bonchev–Trinajstić information content (AvgIpc) is 2.25. The van der Waals surface area contributed by atoms with E-state index in [1.165, 1.54) is 18.2 Å². The number of halogens is 3. The van der Waals surface area contributed by atoms with Crippen molar-refractivity contribution in [2.45, 2.75) is 26.1 Å². The summed E-state index contributed by atoms with van der Waals surface area (Å²) in [4.78, 5) is 11.1. The quantitative estimate of drug-likeness (QED) is 0.765. The van der Waals surface area contributed by atoms with Gasteiger partial charge in [0.05, 0.1) is 6.61 Å². The highest BCUT2D eigenvalue weighted by Crippen LogP contribution is 2.23. The number of carbonyl (C=O) groups is 1. The van der Waals surface area contributed by atoms with Gasteiger partial charge in [-0.05, 0) is 31.0 Å². The molecule has 1 aromatic rings. The summed E-state index contributed by atoms with van der Waals surface area (Å²) in [6.45, 7) is 1.98. The van der Waals surface area contributed by atoms with Crippen LogP contribution in [0, 0.1) is 0 Å². The molecule has 0 saturated heterocycles. The van der Waals surface area contributed by atoms with Gasteiger partial charge in [-0.2, -0.15) is 0 Å². The molecule has 0 spiro atoms. The summed E-state index contributed by atoms with van der Waals surface area (Å²) in [5, 5.41) is 0. The van der Waals surface area contributed by atoms with Gasteiger partial charge in [0.2, 0.25) is 0 Å². The van der Waals surface area contributed by atoms with Crippen molar-refractivity contribution in [1.29, 1.82) is 0 Å². The Morgan fingerprint density at radius 1 is 1.33 bits per heavy atom. The summed E-state index contributed by atoms with van der Waals surface area (Å²) in [7, 11) is 0. The van der Waals surface area contributed by atoms with Crippen LogP contribution in [0.3, 0.4) is 0 Å². The Bertz CT molecular complexity index is 402. The van der Waals surface area contributed by atoms with Gasteiger partial charge in [0.15, 0.2) is 0 Å². The standard InChI is InChI=1S/C12H13F3O3/c1-2-17-11(16)7-6-9-4-3-5-10(8-9)18-12(13,14)15/h3-5,8H,2,6-7H2,1H3. The number of hydrogen-bond donors (Lipinski definition) is 0. The predicted molar refractivity (Wildman–Crippen MR) is 58.1 cm³/mol. The molecule has 0 fully saturated rings. The van der Waals surface area contributed by atoms with Crippen LogP contribution in [0.4, 0.5) is 13.2 Å². The van der Waals surface area contributed by atoms with Crippen molar-refractivity contribution in [3.63, 3.8) is 0 Å². The molecule has 0 heterocycles. The lowest BCUT2D eigenvalue weighted by Crippen LogP contribution is -2.17. The van der Waals surface area contributed by atoms with Crippen molar-refractivity contribution in [3.05, 3.63) is 29.8 Å². The van der Waals surface area contributed by atoms with E-state index in [0.717, 1.165) is 0 Å². The minimum atomic E-state index is -4.71. The Labute approximate surface area is 103 Å². The Kier molecular flexibility index (Phi) is 5.00. The fraction of sp³-hybridized carbons (Fsp3) is 0.417. The Balaban J connectivity index is 2.57. The molecule has 3 nitrogen and oxygen atoms in total. The van der Waals surface area contributed by atoms with Crippen LogP contribution in [-0.2, 0) is 16.0 Å². The Hall–Kier alpha value is -1.72. The first-order chi connectivity index (χ1) is 8.40. The zero-order valence-electron chi connectivity index (χ0n) is 9.79. The zero-order chi connectivity index (χ0) is 13.6. The maximum Gasteiger partial charge on any atom is 0.573 e. The molecule has 0 aliphatic carbocycles. The van der Waals surface area contributed by atoms with E-state index < -0.39 is 6.36 Å². The first kappa shape index (κ1) is 14.3. The molecule has 0 atom stereocenters. The third-order valence-corrected chi connectivity index (χ3v) is 2.06. The van der Waals surface area contributed by atoms with Crippen LogP contribution in [0.2, 0.25) is 0 Å². The van der Waals surface area contributed by atoms with Gasteiger partial charge in [-0.25, -0.2) is 0 Å². The van der Waals surface area contributed by atoms with Crippen molar-refractivity contribution in [1.82, 2.24) is 0 Å². The third-order valence-electron chi connectivity index (χ3n) is 2.06. The molecule has 100 valence electrons. The Morgan fingerprint density at radius 2 is 2.06 bits per heavy atom. The van der Waals surface area contributed by atoms with Gasteiger partial charge in [-0.3, -0.25) is 4.79 Å². The maximum absolute atomic E-state index is 12.0. The highest BCUT2D eigenvalue weighted by atomic mass is 19.4. The molecule has 0 aliphatic rings. The van der Waals surface area contributed by atoms with Crippen molar-refractivity contribution >= 4 is 5.97 Å². The van der Waals surface area contributed by atoms with Crippen LogP contribution in [0.25, 0.3) is 0 Å². The summed E-state index contributed by atoms with van der Waals surface area (Å²) in [6, 6.07) is 5.54. The van der Waals surface area contributed by atoms with Crippen molar-refractivity contribution in [3.8, 4) is 5.75 Å². The smallest absolute Gasteiger partial charge is 0.466 e. The van der Waals surface area contributed by atoms with Gasteiger partial charge in [-0.15, -0.1) is 13.2 Å². The van der Waals surface area contributed by atoms with Crippen LogP contribution in [-0.4, -0.2) is 18.9 Å². The number of benzene rings is 1. The molecule has 0 N–H and O–H groups in total. The number of rotatable bonds is 5. The molecule has 0 aromatic heterocycles. The zero-order valence-corrected chi connectivity index (χ0v) is 9.79. The van der Waals surface area contributed by atoms with Gasteiger partial charge in [0.1, 0.15) is 5.75 Å². The highest BCUT2D eigenvalue weighted by molar-refractivity contribution is 5.69. The maximum atomic E-state index is 12.0. The molecule has 0 amide bonds. The van der Waals surface area contributed by atoms with Gasteiger partial charge < -0.3 is 9.47 Å².